The van der Waals surface area contributed by atoms with Crippen molar-refractivity contribution in [3.63, 3.8) is 0 Å². The molecule has 1 fully saturated rings. The van der Waals surface area contributed by atoms with Gasteiger partial charge in [0.25, 0.3) is 0 Å². The van der Waals surface area contributed by atoms with Crippen LogP contribution in [0.4, 0.5) is 5.69 Å². The minimum atomic E-state index is 0.836. The molecular weight excluding hydrogens is 326 g/mol. The molecule has 0 amide bonds. The Hall–Kier alpha value is -2.17. The molecule has 25 heavy (non-hydrogen) atoms. The number of benzene rings is 2. The number of nitrogens with zero attached hydrogens (tertiary/aromatic N) is 1. The zero-order valence-corrected chi connectivity index (χ0v) is 15.6. The van der Waals surface area contributed by atoms with Crippen molar-refractivity contribution in [3.05, 3.63) is 71.8 Å². The van der Waals surface area contributed by atoms with Gasteiger partial charge in [0.05, 0.1) is 32.7 Å². The lowest BCUT2D eigenvalue weighted by Gasteiger charge is -2.33. The van der Waals surface area contributed by atoms with E-state index in [1.165, 1.54) is 11.1 Å². The summed E-state index contributed by atoms with van der Waals surface area (Å²) in [6, 6.07) is 18.8. The van der Waals surface area contributed by atoms with Gasteiger partial charge in [-0.15, -0.1) is 0 Å². The highest BCUT2D eigenvalue weighted by atomic mass is 32.1. The second-order valence-electron chi connectivity index (χ2n) is 6.55. The third-order valence-corrected chi connectivity index (χ3v) is 4.94. The smallest absolute Gasteiger partial charge is 0.173 e. The molecule has 0 unspecified atom stereocenters. The average molecular weight is 353 g/mol. The van der Waals surface area contributed by atoms with E-state index in [1.807, 2.05) is 0 Å². The Morgan fingerprint density at radius 2 is 1.76 bits per heavy atom. The Bertz CT molecular complexity index is 702. The number of anilines is 1. The van der Waals surface area contributed by atoms with Crippen LogP contribution in [0, 0.1) is 6.92 Å². The molecule has 1 aliphatic rings. The largest absolute Gasteiger partial charge is 0.338 e. The lowest BCUT2D eigenvalue weighted by atomic mass is 10.2. The zero-order valence-electron chi connectivity index (χ0n) is 14.7. The first-order chi connectivity index (χ1) is 12.2. The van der Waals surface area contributed by atoms with E-state index in [2.05, 4.69) is 83.9 Å². The summed E-state index contributed by atoms with van der Waals surface area (Å²) >= 11 is 5.57. The molecule has 0 atom stereocenters. The molecule has 130 valence electrons. The predicted octanol–water partition coefficient (Wildman–Crippen LogP) is 2.61. The van der Waals surface area contributed by atoms with Gasteiger partial charge >= 0.3 is 0 Å². The number of hydrogen-bond acceptors (Lipinski definition) is 1. The molecule has 1 heterocycles. The van der Waals surface area contributed by atoms with Crippen molar-refractivity contribution in [2.75, 3.05) is 38.0 Å². The predicted molar refractivity (Wildman–Crippen MR) is 110 cm³/mol. The second kappa shape index (κ2) is 8.79. The molecule has 0 spiro atoms. The van der Waals surface area contributed by atoms with Crippen molar-refractivity contribution < 1.29 is 4.90 Å². The summed E-state index contributed by atoms with van der Waals surface area (Å²) in [7, 11) is 0. The van der Waals surface area contributed by atoms with Crippen LogP contribution in [-0.4, -0.2) is 42.7 Å². The van der Waals surface area contributed by atoms with E-state index in [9.17, 15) is 0 Å². The number of piperazine rings is 1. The lowest BCUT2D eigenvalue weighted by molar-refractivity contribution is -0.897. The Balaban J connectivity index is 1.42. The molecule has 0 aromatic heterocycles. The first-order valence-corrected chi connectivity index (χ1v) is 9.29. The Morgan fingerprint density at radius 3 is 2.44 bits per heavy atom. The molecular formula is C21H26N3S+. The highest BCUT2D eigenvalue weighted by Gasteiger charge is 2.20. The van der Waals surface area contributed by atoms with Gasteiger partial charge in [0.2, 0.25) is 0 Å². The van der Waals surface area contributed by atoms with E-state index in [1.54, 1.807) is 4.90 Å². The number of nitrogens with one attached hydrogen (secondary N) is 2. The van der Waals surface area contributed by atoms with Crippen molar-refractivity contribution in [3.8, 4) is 0 Å². The van der Waals surface area contributed by atoms with Gasteiger partial charge in [-0.25, -0.2) is 0 Å². The van der Waals surface area contributed by atoms with Gasteiger partial charge in [-0.05, 0) is 42.9 Å². The first-order valence-electron chi connectivity index (χ1n) is 8.88. The monoisotopic (exact) mass is 352 g/mol. The maximum absolute atomic E-state index is 5.57. The van der Waals surface area contributed by atoms with E-state index in [0.29, 0.717) is 0 Å². The van der Waals surface area contributed by atoms with Crippen LogP contribution in [0.5, 0.6) is 0 Å². The third kappa shape index (κ3) is 5.41. The highest BCUT2D eigenvalue weighted by molar-refractivity contribution is 7.80. The van der Waals surface area contributed by atoms with Crippen molar-refractivity contribution in [1.82, 2.24) is 4.90 Å². The summed E-state index contributed by atoms with van der Waals surface area (Å²) in [5.74, 6) is 0. The first kappa shape index (κ1) is 17.6. The standard InChI is InChI=1S/C21H25N3S/c1-18-9-11-20(12-10-18)22-21(25)24-16-14-23(15-17-24)13-5-8-19-6-3-2-4-7-19/h2-12H,13-17H2,1H3,(H,22,25)/p+1/b8-5+. The van der Waals surface area contributed by atoms with Crippen molar-refractivity contribution >= 4 is 29.1 Å². The van der Waals surface area contributed by atoms with Crippen LogP contribution in [0.2, 0.25) is 0 Å². The fraction of sp³-hybridized carbons (Fsp3) is 0.286. The second-order valence-corrected chi connectivity index (χ2v) is 6.94. The third-order valence-electron chi connectivity index (χ3n) is 4.58. The molecule has 0 radical (unpaired) electrons. The van der Waals surface area contributed by atoms with E-state index in [4.69, 9.17) is 12.2 Å². The summed E-state index contributed by atoms with van der Waals surface area (Å²) in [6.07, 6.45) is 4.49. The van der Waals surface area contributed by atoms with Gasteiger partial charge in [-0.3, -0.25) is 0 Å². The fourth-order valence-corrected chi connectivity index (χ4v) is 3.30. The van der Waals surface area contributed by atoms with Gasteiger partial charge in [-0.1, -0.05) is 54.1 Å². The minimum absolute atomic E-state index is 0.836. The minimum Gasteiger partial charge on any atom is -0.338 e. The number of rotatable bonds is 4. The summed E-state index contributed by atoms with van der Waals surface area (Å²) in [6.45, 7) is 7.42. The molecule has 0 aliphatic carbocycles. The van der Waals surface area contributed by atoms with Crippen LogP contribution < -0.4 is 10.2 Å². The van der Waals surface area contributed by atoms with Gasteiger partial charge in [-0.2, -0.15) is 0 Å². The summed E-state index contributed by atoms with van der Waals surface area (Å²) in [5.41, 5.74) is 3.59. The summed E-state index contributed by atoms with van der Waals surface area (Å²) in [5, 5.41) is 4.19. The average Bonchev–Trinajstić information content (AvgIpc) is 2.65. The molecule has 4 heteroatoms. The number of thiocarbonyl (C=S) groups is 1. The molecule has 2 aromatic carbocycles. The highest BCUT2D eigenvalue weighted by Crippen LogP contribution is 2.09. The normalized spacial score (nSPS) is 15.5. The Kier molecular flexibility index (Phi) is 6.20. The van der Waals surface area contributed by atoms with Crippen LogP contribution in [0.3, 0.4) is 0 Å². The molecule has 2 N–H and O–H groups in total. The van der Waals surface area contributed by atoms with Crippen LogP contribution in [0.25, 0.3) is 6.08 Å². The molecule has 1 aliphatic heterocycles. The van der Waals surface area contributed by atoms with E-state index < -0.39 is 0 Å². The molecule has 3 rings (SSSR count). The van der Waals surface area contributed by atoms with E-state index in [-0.39, 0.29) is 0 Å². The summed E-state index contributed by atoms with van der Waals surface area (Å²) < 4.78 is 0. The topological polar surface area (TPSA) is 19.7 Å². The number of aryl methyl sites for hydroxylation is 1. The van der Waals surface area contributed by atoms with E-state index >= 15 is 0 Å². The van der Waals surface area contributed by atoms with Gasteiger partial charge in [0.1, 0.15) is 0 Å². The van der Waals surface area contributed by atoms with Crippen LogP contribution in [0.1, 0.15) is 11.1 Å². The maximum Gasteiger partial charge on any atom is 0.173 e. The quantitative estimate of drug-likeness (QED) is 0.826. The summed E-state index contributed by atoms with van der Waals surface area (Å²) in [4.78, 5) is 3.89. The molecule has 1 saturated heterocycles. The molecule has 3 nitrogen and oxygen atoms in total. The lowest BCUT2D eigenvalue weighted by Crippen LogP contribution is -3.14. The van der Waals surface area contributed by atoms with Crippen LogP contribution in [-0.2, 0) is 0 Å². The van der Waals surface area contributed by atoms with Crippen molar-refractivity contribution in [2.45, 2.75) is 6.92 Å². The Morgan fingerprint density at radius 1 is 1.08 bits per heavy atom. The number of quaternary nitrogens is 1. The molecule has 0 saturated carbocycles. The van der Waals surface area contributed by atoms with Gasteiger partial charge < -0.3 is 15.1 Å². The van der Waals surface area contributed by atoms with E-state index in [0.717, 1.165) is 43.5 Å². The number of hydrogen-bond donors (Lipinski definition) is 2. The van der Waals surface area contributed by atoms with Gasteiger partial charge in [0, 0.05) is 5.69 Å². The fourth-order valence-electron chi connectivity index (χ4n) is 3.00. The van der Waals surface area contributed by atoms with Crippen LogP contribution >= 0.6 is 12.2 Å². The van der Waals surface area contributed by atoms with Crippen molar-refractivity contribution in [2.24, 2.45) is 0 Å². The maximum atomic E-state index is 5.57. The Labute approximate surface area is 156 Å². The van der Waals surface area contributed by atoms with Gasteiger partial charge in [0.15, 0.2) is 5.11 Å². The molecule has 2 aromatic rings. The zero-order chi connectivity index (χ0) is 17.5. The SMILES string of the molecule is Cc1ccc(NC(=S)N2CC[NH+](C/C=C/c3ccccc3)CC2)cc1. The van der Waals surface area contributed by atoms with Crippen LogP contribution in [0.15, 0.2) is 60.7 Å². The molecule has 0 bridgehead atoms. The van der Waals surface area contributed by atoms with Crippen molar-refractivity contribution in [1.29, 1.82) is 0 Å².